The van der Waals surface area contributed by atoms with Crippen LogP contribution in [0.1, 0.15) is 11.1 Å². The van der Waals surface area contributed by atoms with E-state index in [-0.39, 0.29) is 6.03 Å². The number of amides is 2. The van der Waals surface area contributed by atoms with Crippen LogP contribution in [0.2, 0.25) is 0 Å². The topological polar surface area (TPSA) is 62.4 Å². The molecule has 0 radical (unpaired) electrons. The van der Waals surface area contributed by atoms with Crippen LogP contribution >= 0.6 is 0 Å². The molecule has 0 saturated heterocycles. The van der Waals surface area contributed by atoms with Gasteiger partial charge in [-0.3, -0.25) is 0 Å². The number of nitrogens with one attached hydrogen (secondary N) is 3. The first kappa shape index (κ1) is 16.8. The van der Waals surface area contributed by atoms with Crippen LogP contribution in [0.4, 0.5) is 10.5 Å². The van der Waals surface area contributed by atoms with E-state index in [1.54, 1.807) is 7.11 Å². The summed E-state index contributed by atoms with van der Waals surface area (Å²) in [5.41, 5.74) is 3.17. The lowest BCUT2D eigenvalue weighted by molar-refractivity contribution is 0.211. The Morgan fingerprint density at radius 3 is 2.13 bits per heavy atom. The van der Waals surface area contributed by atoms with E-state index >= 15 is 0 Å². The molecule has 2 aromatic rings. The van der Waals surface area contributed by atoms with Crippen LogP contribution in [0.25, 0.3) is 0 Å². The smallest absolute Gasteiger partial charge is 0.315 e. The summed E-state index contributed by atoms with van der Waals surface area (Å²) < 4.78 is 4.99. The molecule has 2 rings (SSSR count). The third-order valence-corrected chi connectivity index (χ3v) is 3.34. The zero-order valence-corrected chi connectivity index (χ0v) is 13.3. The third-order valence-electron chi connectivity index (χ3n) is 3.34. The molecule has 0 bridgehead atoms. The van der Waals surface area contributed by atoms with Crippen molar-refractivity contribution >= 4 is 11.7 Å². The van der Waals surface area contributed by atoms with Crippen LogP contribution in [-0.2, 0) is 17.8 Å². The molecule has 2 aromatic carbocycles. The number of benzene rings is 2. The van der Waals surface area contributed by atoms with E-state index in [9.17, 15) is 4.79 Å². The molecule has 0 saturated carbocycles. The number of hydrogen-bond acceptors (Lipinski definition) is 3. The molecular formula is C18H23N3O2. The minimum Gasteiger partial charge on any atom is -0.383 e. The average Bonchev–Trinajstić information content (AvgIpc) is 2.60. The number of carbonyl (C=O) groups is 1. The molecule has 3 N–H and O–H groups in total. The fourth-order valence-corrected chi connectivity index (χ4v) is 2.06. The van der Waals surface area contributed by atoms with E-state index in [0.29, 0.717) is 19.7 Å². The van der Waals surface area contributed by atoms with Crippen LogP contribution in [0.3, 0.4) is 0 Å². The summed E-state index contributed by atoms with van der Waals surface area (Å²) in [6, 6.07) is 17.6. The molecule has 0 aliphatic heterocycles. The molecule has 2 amide bonds. The molecule has 0 aliphatic carbocycles. The van der Waals surface area contributed by atoms with Gasteiger partial charge >= 0.3 is 6.03 Å². The second-order valence-electron chi connectivity index (χ2n) is 5.14. The Labute approximate surface area is 137 Å². The number of rotatable bonds is 8. The number of anilines is 1. The molecule has 0 atom stereocenters. The van der Waals surface area contributed by atoms with Crippen LogP contribution in [-0.4, -0.2) is 26.3 Å². The maximum atomic E-state index is 11.8. The maximum absolute atomic E-state index is 11.8. The lowest BCUT2D eigenvalue weighted by Crippen LogP contribution is -2.34. The highest BCUT2D eigenvalue weighted by Gasteiger charge is 2.01. The van der Waals surface area contributed by atoms with Crippen LogP contribution in [0.15, 0.2) is 54.6 Å². The highest BCUT2D eigenvalue weighted by molar-refractivity contribution is 5.73. The number of urea groups is 1. The van der Waals surface area contributed by atoms with Crippen molar-refractivity contribution in [3.05, 3.63) is 65.7 Å². The van der Waals surface area contributed by atoms with Gasteiger partial charge in [-0.25, -0.2) is 4.79 Å². The summed E-state index contributed by atoms with van der Waals surface area (Å²) in [5.74, 6) is 0. The third kappa shape index (κ3) is 6.40. The first-order valence-corrected chi connectivity index (χ1v) is 7.65. The number of carbonyl (C=O) groups excluding carboxylic acids is 1. The fraction of sp³-hybridized carbons (Fsp3) is 0.278. The largest absolute Gasteiger partial charge is 0.383 e. The first-order chi connectivity index (χ1) is 11.3. The standard InChI is InChI=1S/C18H23N3O2/c1-23-12-11-19-17-9-7-16(8-10-17)14-21-18(22)20-13-15-5-3-2-4-6-15/h2-10,19H,11-14H2,1H3,(H2,20,21,22). The van der Waals surface area contributed by atoms with Crippen molar-refractivity contribution < 1.29 is 9.53 Å². The minimum atomic E-state index is -0.170. The summed E-state index contributed by atoms with van der Waals surface area (Å²) in [4.78, 5) is 11.8. The quantitative estimate of drug-likeness (QED) is 0.657. The van der Waals surface area contributed by atoms with E-state index in [0.717, 1.165) is 23.4 Å². The second-order valence-corrected chi connectivity index (χ2v) is 5.14. The Kier molecular flexibility index (Phi) is 6.94. The van der Waals surface area contributed by atoms with E-state index in [2.05, 4.69) is 16.0 Å². The highest BCUT2D eigenvalue weighted by Crippen LogP contribution is 2.09. The van der Waals surface area contributed by atoms with Gasteiger partial charge in [-0.15, -0.1) is 0 Å². The van der Waals surface area contributed by atoms with Crippen molar-refractivity contribution in [2.75, 3.05) is 25.6 Å². The zero-order valence-electron chi connectivity index (χ0n) is 13.3. The summed E-state index contributed by atoms with van der Waals surface area (Å²) in [6.45, 7) is 2.47. The summed E-state index contributed by atoms with van der Waals surface area (Å²) >= 11 is 0. The second kappa shape index (κ2) is 9.48. The number of ether oxygens (including phenoxy) is 1. The Morgan fingerprint density at radius 1 is 0.913 bits per heavy atom. The highest BCUT2D eigenvalue weighted by atomic mass is 16.5. The van der Waals surface area contributed by atoms with Gasteiger partial charge < -0.3 is 20.7 Å². The predicted molar refractivity (Wildman–Crippen MR) is 92.3 cm³/mol. The lowest BCUT2D eigenvalue weighted by atomic mass is 10.2. The molecule has 5 heteroatoms. The van der Waals surface area contributed by atoms with Crippen molar-refractivity contribution in [3.8, 4) is 0 Å². The molecule has 0 unspecified atom stereocenters. The van der Waals surface area contributed by atoms with Gasteiger partial charge in [0, 0.05) is 32.4 Å². The van der Waals surface area contributed by atoms with Gasteiger partial charge in [-0.2, -0.15) is 0 Å². The Balaban J connectivity index is 1.69. The summed E-state index contributed by atoms with van der Waals surface area (Å²) in [6.07, 6.45) is 0. The van der Waals surface area contributed by atoms with Gasteiger partial charge in [0.15, 0.2) is 0 Å². The molecule has 0 heterocycles. The SMILES string of the molecule is COCCNc1ccc(CNC(=O)NCc2ccccc2)cc1. The monoisotopic (exact) mass is 313 g/mol. The van der Waals surface area contributed by atoms with E-state index in [1.807, 2.05) is 54.6 Å². The molecule has 122 valence electrons. The first-order valence-electron chi connectivity index (χ1n) is 7.65. The Hall–Kier alpha value is -2.53. The van der Waals surface area contributed by atoms with Gasteiger partial charge in [0.2, 0.25) is 0 Å². The normalized spacial score (nSPS) is 10.1. The van der Waals surface area contributed by atoms with Crippen molar-refractivity contribution in [2.24, 2.45) is 0 Å². The molecule has 0 spiro atoms. The molecule has 0 fully saturated rings. The lowest BCUT2D eigenvalue weighted by Gasteiger charge is -2.09. The Morgan fingerprint density at radius 2 is 1.52 bits per heavy atom. The van der Waals surface area contributed by atoms with Crippen molar-refractivity contribution in [1.29, 1.82) is 0 Å². The van der Waals surface area contributed by atoms with Crippen molar-refractivity contribution in [1.82, 2.24) is 10.6 Å². The van der Waals surface area contributed by atoms with Gasteiger partial charge in [-0.05, 0) is 23.3 Å². The van der Waals surface area contributed by atoms with Crippen molar-refractivity contribution in [2.45, 2.75) is 13.1 Å². The van der Waals surface area contributed by atoms with E-state index < -0.39 is 0 Å². The zero-order chi connectivity index (χ0) is 16.3. The molecule has 5 nitrogen and oxygen atoms in total. The number of methoxy groups -OCH3 is 1. The van der Waals surface area contributed by atoms with Gasteiger partial charge in [0.05, 0.1) is 6.61 Å². The molecular weight excluding hydrogens is 290 g/mol. The average molecular weight is 313 g/mol. The van der Waals surface area contributed by atoms with E-state index in [1.165, 1.54) is 0 Å². The van der Waals surface area contributed by atoms with Crippen LogP contribution in [0.5, 0.6) is 0 Å². The van der Waals surface area contributed by atoms with Crippen LogP contribution in [0, 0.1) is 0 Å². The van der Waals surface area contributed by atoms with Gasteiger partial charge in [0.1, 0.15) is 0 Å². The predicted octanol–water partition coefficient (Wildman–Crippen LogP) is 2.74. The molecule has 0 aliphatic rings. The summed E-state index contributed by atoms with van der Waals surface area (Å²) in [5, 5.41) is 8.94. The molecule has 0 aromatic heterocycles. The Bertz CT molecular complexity index is 585. The number of hydrogen-bond donors (Lipinski definition) is 3. The van der Waals surface area contributed by atoms with Gasteiger partial charge in [0.25, 0.3) is 0 Å². The van der Waals surface area contributed by atoms with Crippen LogP contribution < -0.4 is 16.0 Å². The molecule has 23 heavy (non-hydrogen) atoms. The van der Waals surface area contributed by atoms with E-state index in [4.69, 9.17) is 4.74 Å². The minimum absolute atomic E-state index is 0.170. The maximum Gasteiger partial charge on any atom is 0.315 e. The van der Waals surface area contributed by atoms with Gasteiger partial charge in [-0.1, -0.05) is 42.5 Å². The van der Waals surface area contributed by atoms with Crippen molar-refractivity contribution in [3.63, 3.8) is 0 Å². The summed E-state index contributed by atoms with van der Waals surface area (Å²) in [7, 11) is 1.68. The fourth-order valence-electron chi connectivity index (χ4n) is 2.06.